The quantitative estimate of drug-likeness (QED) is 0.427. The van der Waals surface area contributed by atoms with E-state index in [0.717, 1.165) is 41.5 Å². The van der Waals surface area contributed by atoms with Crippen LogP contribution in [-0.2, 0) is 19.5 Å². The summed E-state index contributed by atoms with van der Waals surface area (Å²) in [4.78, 5) is 18.9. The van der Waals surface area contributed by atoms with Crippen LogP contribution in [0.4, 0.5) is 0 Å². The molecular formula is C28H26N6O. The van der Waals surface area contributed by atoms with Gasteiger partial charge in [-0.1, -0.05) is 66.7 Å². The zero-order valence-corrected chi connectivity index (χ0v) is 19.6. The third-order valence-electron chi connectivity index (χ3n) is 6.83. The molecule has 3 heterocycles. The van der Waals surface area contributed by atoms with E-state index in [4.69, 9.17) is 0 Å². The van der Waals surface area contributed by atoms with Crippen LogP contribution >= 0.6 is 0 Å². The molecule has 0 aliphatic carbocycles. The number of pyridine rings is 1. The predicted molar refractivity (Wildman–Crippen MR) is 135 cm³/mol. The van der Waals surface area contributed by atoms with Crippen molar-refractivity contribution in [1.82, 2.24) is 30.1 Å². The fraction of sp³-hybridized carbons (Fsp3) is 0.214. The van der Waals surface area contributed by atoms with Crippen LogP contribution in [-0.4, -0.2) is 36.6 Å². The number of benzene rings is 3. The topological polar surface area (TPSA) is 79.7 Å². The normalized spacial score (nSPS) is 14.7. The zero-order valence-electron chi connectivity index (χ0n) is 19.6. The second kappa shape index (κ2) is 8.92. The minimum atomic E-state index is -0.378. The number of hydrogen-bond donors (Lipinski definition) is 1. The second-order valence-corrected chi connectivity index (χ2v) is 9.22. The van der Waals surface area contributed by atoms with Crippen molar-refractivity contribution < 1.29 is 0 Å². The Kier molecular flexibility index (Phi) is 5.47. The Morgan fingerprint density at radius 1 is 0.971 bits per heavy atom. The third kappa shape index (κ3) is 4.15. The summed E-state index contributed by atoms with van der Waals surface area (Å²) in [5, 5.41) is 13.8. The molecule has 2 aromatic heterocycles. The van der Waals surface area contributed by atoms with Crippen LogP contribution in [0.1, 0.15) is 39.7 Å². The first kappa shape index (κ1) is 21.4. The summed E-state index contributed by atoms with van der Waals surface area (Å²) >= 11 is 0. The molecule has 5 aromatic rings. The maximum absolute atomic E-state index is 13.5. The fourth-order valence-electron chi connectivity index (χ4n) is 5.05. The van der Waals surface area contributed by atoms with E-state index in [-0.39, 0.29) is 11.6 Å². The van der Waals surface area contributed by atoms with Crippen molar-refractivity contribution in [3.63, 3.8) is 0 Å². The minimum absolute atomic E-state index is 0.110. The van der Waals surface area contributed by atoms with Gasteiger partial charge in [-0.05, 0) is 63.5 Å². The summed E-state index contributed by atoms with van der Waals surface area (Å²) < 4.78 is 1.82. The molecule has 6 rings (SSSR count). The van der Waals surface area contributed by atoms with Gasteiger partial charge < -0.3 is 4.98 Å². The fourth-order valence-corrected chi connectivity index (χ4v) is 5.05. The van der Waals surface area contributed by atoms with Crippen LogP contribution in [0.2, 0.25) is 0 Å². The van der Waals surface area contributed by atoms with Gasteiger partial charge in [0.15, 0.2) is 5.82 Å². The van der Waals surface area contributed by atoms with Gasteiger partial charge in [0.05, 0.1) is 6.54 Å². The average Bonchev–Trinajstić information content (AvgIpc) is 3.32. The molecule has 0 amide bonds. The molecule has 35 heavy (non-hydrogen) atoms. The molecule has 0 radical (unpaired) electrons. The number of aromatic nitrogens is 5. The molecule has 0 bridgehead atoms. The highest BCUT2D eigenvalue weighted by atomic mass is 16.1. The van der Waals surface area contributed by atoms with Gasteiger partial charge in [-0.3, -0.25) is 9.69 Å². The lowest BCUT2D eigenvalue weighted by Gasteiger charge is -2.34. The number of tetrazole rings is 1. The van der Waals surface area contributed by atoms with E-state index in [9.17, 15) is 4.79 Å². The second-order valence-electron chi connectivity index (χ2n) is 9.22. The van der Waals surface area contributed by atoms with E-state index in [1.807, 2.05) is 41.9 Å². The number of nitrogens with zero attached hydrogens (tertiary/aromatic N) is 5. The molecule has 0 spiro atoms. The molecule has 0 saturated heterocycles. The van der Waals surface area contributed by atoms with Gasteiger partial charge in [-0.15, -0.1) is 5.10 Å². The lowest BCUT2D eigenvalue weighted by molar-refractivity contribution is 0.194. The maximum atomic E-state index is 13.5. The lowest BCUT2D eigenvalue weighted by atomic mass is 9.95. The highest BCUT2D eigenvalue weighted by Crippen LogP contribution is 2.32. The number of hydrogen-bond acceptors (Lipinski definition) is 5. The monoisotopic (exact) mass is 462 g/mol. The molecular weight excluding hydrogens is 436 g/mol. The van der Waals surface area contributed by atoms with Crippen LogP contribution in [0, 0.1) is 6.92 Å². The standard InChI is InChI=1S/C28H26N6O/c1-19-11-12-22-16-24(28(35)29-25(22)15-19)26(33-14-13-21-9-5-6-10-23(21)18-33)27-30-31-32-34(27)17-20-7-3-2-4-8-20/h2-12,15-16,26H,13-14,17-18H2,1H3,(H,29,35)/t26-/m0/s1. The Labute approximate surface area is 203 Å². The van der Waals surface area contributed by atoms with E-state index in [1.165, 1.54) is 11.1 Å². The Morgan fingerprint density at radius 3 is 2.63 bits per heavy atom. The summed E-state index contributed by atoms with van der Waals surface area (Å²) in [5.74, 6) is 0.671. The first-order chi connectivity index (χ1) is 17.2. The maximum Gasteiger partial charge on any atom is 0.253 e. The SMILES string of the molecule is Cc1ccc2cc([C@@H](c3nnnn3Cc3ccccc3)N3CCc4ccccc4C3)c(=O)[nH]c2c1. The largest absolute Gasteiger partial charge is 0.322 e. The molecule has 0 saturated carbocycles. The van der Waals surface area contributed by atoms with Gasteiger partial charge in [0.1, 0.15) is 6.04 Å². The van der Waals surface area contributed by atoms with Gasteiger partial charge in [0.25, 0.3) is 5.56 Å². The average molecular weight is 463 g/mol. The molecule has 1 aliphatic heterocycles. The van der Waals surface area contributed by atoms with Gasteiger partial charge in [-0.2, -0.15) is 0 Å². The van der Waals surface area contributed by atoms with Crippen molar-refractivity contribution in [3.05, 3.63) is 123 Å². The number of nitrogens with one attached hydrogen (secondary N) is 1. The van der Waals surface area contributed by atoms with Crippen molar-refractivity contribution >= 4 is 10.9 Å². The Balaban J connectivity index is 1.48. The summed E-state index contributed by atoms with van der Waals surface area (Å²) in [6.07, 6.45) is 0.914. The molecule has 1 N–H and O–H groups in total. The Morgan fingerprint density at radius 2 is 1.77 bits per heavy atom. The number of rotatable bonds is 5. The van der Waals surface area contributed by atoms with Crippen molar-refractivity contribution in [2.24, 2.45) is 0 Å². The van der Waals surface area contributed by atoms with Crippen molar-refractivity contribution in [2.75, 3.05) is 6.54 Å². The van der Waals surface area contributed by atoms with Crippen molar-refractivity contribution in [3.8, 4) is 0 Å². The molecule has 1 aliphatic rings. The number of aromatic amines is 1. The van der Waals surface area contributed by atoms with Crippen LogP contribution in [0.5, 0.6) is 0 Å². The number of fused-ring (bicyclic) bond motifs is 2. The highest BCUT2D eigenvalue weighted by Gasteiger charge is 2.32. The van der Waals surface area contributed by atoms with E-state index in [1.54, 1.807) is 0 Å². The predicted octanol–water partition coefficient (Wildman–Crippen LogP) is 4.02. The summed E-state index contributed by atoms with van der Waals surface area (Å²) in [6, 6.07) is 26.4. The van der Waals surface area contributed by atoms with Gasteiger partial charge in [0, 0.05) is 24.2 Å². The van der Waals surface area contributed by atoms with E-state index in [2.05, 4.69) is 73.9 Å². The molecule has 1 atom stereocenters. The number of aryl methyl sites for hydroxylation is 1. The van der Waals surface area contributed by atoms with Crippen molar-refractivity contribution in [1.29, 1.82) is 0 Å². The van der Waals surface area contributed by atoms with Crippen LogP contribution in [0.15, 0.2) is 83.7 Å². The Bertz CT molecular complexity index is 1560. The molecule has 7 nitrogen and oxygen atoms in total. The van der Waals surface area contributed by atoms with Crippen LogP contribution in [0.3, 0.4) is 0 Å². The first-order valence-electron chi connectivity index (χ1n) is 11.9. The molecule has 0 unspecified atom stereocenters. The summed E-state index contributed by atoms with van der Waals surface area (Å²) in [7, 11) is 0. The molecule has 174 valence electrons. The van der Waals surface area contributed by atoms with Crippen LogP contribution in [0.25, 0.3) is 10.9 Å². The lowest BCUT2D eigenvalue weighted by Crippen LogP contribution is -2.38. The van der Waals surface area contributed by atoms with Crippen LogP contribution < -0.4 is 5.56 Å². The van der Waals surface area contributed by atoms with Crippen molar-refractivity contribution in [2.45, 2.75) is 32.5 Å². The van der Waals surface area contributed by atoms with E-state index >= 15 is 0 Å². The smallest absolute Gasteiger partial charge is 0.253 e. The molecule has 7 heteroatoms. The van der Waals surface area contributed by atoms with Gasteiger partial charge in [0.2, 0.25) is 0 Å². The summed E-state index contributed by atoms with van der Waals surface area (Å²) in [5.41, 5.74) is 6.23. The number of H-pyrrole nitrogens is 1. The minimum Gasteiger partial charge on any atom is -0.322 e. The zero-order chi connectivity index (χ0) is 23.8. The molecule has 0 fully saturated rings. The van der Waals surface area contributed by atoms with E-state index < -0.39 is 0 Å². The van der Waals surface area contributed by atoms with Gasteiger partial charge >= 0.3 is 0 Å². The third-order valence-corrected chi connectivity index (χ3v) is 6.83. The molecule has 3 aromatic carbocycles. The van der Waals surface area contributed by atoms with E-state index in [0.29, 0.717) is 17.9 Å². The Hall–Kier alpha value is -4.10. The first-order valence-corrected chi connectivity index (χ1v) is 11.9. The van der Waals surface area contributed by atoms with Gasteiger partial charge in [-0.25, -0.2) is 4.68 Å². The highest BCUT2D eigenvalue weighted by molar-refractivity contribution is 5.79. The summed E-state index contributed by atoms with van der Waals surface area (Å²) in [6.45, 7) is 4.10.